The minimum Gasteiger partial charge on any atom is -0.343 e. The number of hydrogen-bond acceptors (Lipinski definition) is 2. The Bertz CT molecular complexity index is 602. The summed E-state index contributed by atoms with van der Waals surface area (Å²) in [6.07, 6.45) is 4.49. The number of carbonyl (C=O) groups is 2. The number of carbonyl (C=O) groups excluding carboxylic acids is 2. The van der Waals surface area contributed by atoms with Crippen LogP contribution in [0.2, 0.25) is 5.02 Å². The number of benzene rings is 1. The molecule has 1 unspecified atom stereocenters. The molecule has 130 valence electrons. The van der Waals surface area contributed by atoms with Crippen molar-refractivity contribution in [3.05, 3.63) is 34.9 Å². The van der Waals surface area contributed by atoms with E-state index in [-0.39, 0.29) is 18.0 Å². The van der Waals surface area contributed by atoms with Crippen LogP contribution in [0.15, 0.2) is 24.3 Å². The highest BCUT2D eigenvalue weighted by Gasteiger charge is 2.30. The Balaban J connectivity index is 1.51. The molecule has 1 aromatic carbocycles. The standard InChI is InChI=1S/C18H24ClN3O2/c19-15-6-3-5-14(13-15)16-7-4-12-22(16)18(24)20-9-8-17(23)21-10-1-2-11-21/h3,5-6,13,16H,1-2,4,7-12H2,(H,20,24). The third-order valence-electron chi connectivity index (χ3n) is 4.82. The Kier molecular flexibility index (Phi) is 5.61. The summed E-state index contributed by atoms with van der Waals surface area (Å²) in [7, 11) is 0. The second kappa shape index (κ2) is 7.88. The lowest BCUT2D eigenvalue weighted by atomic mass is 10.1. The Hall–Kier alpha value is -1.75. The molecule has 3 rings (SSSR count). The van der Waals surface area contributed by atoms with Gasteiger partial charge >= 0.3 is 6.03 Å². The largest absolute Gasteiger partial charge is 0.343 e. The predicted octanol–water partition coefficient (Wildman–Crippen LogP) is 3.20. The van der Waals surface area contributed by atoms with Gasteiger partial charge in [-0.2, -0.15) is 0 Å². The van der Waals surface area contributed by atoms with Gasteiger partial charge in [-0.1, -0.05) is 23.7 Å². The SMILES string of the molecule is O=C(CCNC(=O)N1CCCC1c1cccc(Cl)c1)N1CCCC1. The first kappa shape index (κ1) is 17.1. The molecule has 6 heteroatoms. The number of urea groups is 1. The van der Waals surface area contributed by atoms with Crippen molar-refractivity contribution in [2.75, 3.05) is 26.2 Å². The van der Waals surface area contributed by atoms with Gasteiger partial charge in [-0.3, -0.25) is 4.79 Å². The average Bonchev–Trinajstić information content (AvgIpc) is 3.26. The predicted molar refractivity (Wildman–Crippen MR) is 94.0 cm³/mol. The van der Waals surface area contributed by atoms with Crippen molar-refractivity contribution >= 4 is 23.5 Å². The maximum atomic E-state index is 12.5. The number of amides is 3. The van der Waals surface area contributed by atoms with Crippen LogP contribution < -0.4 is 5.32 Å². The van der Waals surface area contributed by atoms with Gasteiger partial charge in [0.2, 0.25) is 5.91 Å². The average molecular weight is 350 g/mol. The van der Waals surface area contributed by atoms with Crippen molar-refractivity contribution in [1.29, 1.82) is 0 Å². The molecule has 0 bridgehead atoms. The van der Waals surface area contributed by atoms with Crippen LogP contribution in [0.25, 0.3) is 0 Å². The second-order valence-corrected chi connectivity index (χ2v) is 6.91. The van der Waals surface area contributed by atoms with Crippen LogP contribution in [0.4, 0.5) is 4.79 Å². The third-order valence-corrected chi connectivity index (χ3v) is 5.06. The number of rotatable bonds is 4. The van der Waals surface area contributed by atoms with E-state index in [0.717, 1.165) is 50.9 Å². The maximum Gasteiger partial charge on any atom is 0.317 e. The summed E-state index contributed by atoms with van der Waals surface area (Å²) in [5.74, 6) is 0.139. The van der Waals surface area contributed by atoms with Crippen molar-refractivity contribution in [2.24, 2.45) is 0 Å². The normalized spacial score (nSPS) is 20.5. The molecule has 1 N–H and O–H groups in total. The summed E-state index contributed by atoms with van der Waals surface area (Å²) < 4.78 is 0. The first-order valence-electron chi connectivity index (χ1n) is 8.73. The van der Waals surface area contributed by atoms with Gasteiger partial charge in [-0.05, 0) is 43.4 Å². The van der Waals surface area contributed by atoms with Crippen molar-refractivity contribution in [3.8, 4) is 0 Å². The number of nitrogens with zero attached hydrogens (tertiary/aromatic N) is 2. The molecule has 2 aliphatic heterocycles. The van der Waals surface area contributed by atoms with Crippen LogP contribution in [0.3, 0.4) is 0 Å². The molecule has 5 nitrogen and oxygen atoms in total. The van der Waals surface area contributed by atoms with Crippen LogP contribution in [-0.2, 0) is 4.79 Å². The monoisotopic (exact) mass is 349 g/mol. The van der Waals surface area contributed by atoms with E-state index in [4.69, 9.17) is 11.6 Å². The quantitative estimate of drug-likeness (QED) is 0.907. The van der Waals surface area contributed by atoms with E-state index >= 15 is 0 Å². The molecule has 1 aromatic rings. The van der Waals surface area contributed by atoms with Gasteiger partial charge in [-0.15, -0.1) is 0 Å². The summed E-state index contributed by atoms with van der Waals surface area (Å²) >= 11 is 6.07. The van der Waals surface area contributed by atoms with Gasteiger partial charge in [-0.25, -0.2) is 4.79 Å². The molecule has 3 amide bonds. The van der Waals surface area contributed by atoms with Gasteiger partial charge in [0.25, 0.3) is 0 Å². The zero-order chi connectivity index (χ0) is 16.9. The van der Waals surface area contributed by atoms with Gasteiger partial charge in [0, 0.05) is 37.6 Å². The van der Waals surface area contributed by atoms with Crippen LogP contribution in [0, 0.1) is 0 Å². The van der Waals surface area contributed by atoms with E-state index in [1.807, 2.05) is 34.1 Å². The van der Waals surface area contributed by atoms with E-state index in [0.29, 0.717) is 18.0 Å². The molecule has 0 aliphatic carbocycles. The summed E-state index contributed by atoms with van der Waals surface area (Å²) in [4.78, 5) is 28.2. The topological polar surface area (TPSA) is 52.7 Å². The van der Waals surface area contributed by atoms with Crippen molar-refractivity contribution in [2.45, 2.75) is 38.1 Å². The van der Waals surface area contributed by atoms with Gasteiger partial charge < -0.3 is 15.1 Å². The summed E-state index contributed by atoms with van der Waals surface area (Å²) in [6, 6.07) is 7.67. The molecule has 2 saturated heterocycles. The van der Waals surface area contributed by atoms with Crippen LogP contribution in [0.5, 0.6) is 0 Å². The van der Waals surface area contributed by atoms with E-state index in [1.54, 1.807) is 0 Å². The molecule has 0 aromatic heterocycles. The lowest BCUT2D eigenvalue weighted by Gasteiger charge is -2.25. The molecule has 2 heterocycles. The fraction of sp³-hybridized carbons (Fsp3) is 0.556. The highest BCUT2D eigenvalue weighted by Crippen LogP contribution is 2.32. The molecule has 0 saturated carbocycles. The van der Waals surface area contributed by atoms with Gasteiger partial charge in [0.1, 0.15) is 0 Å². The molecule has 2 fully saturated rings. The Morgan fingerprint density at radius 1 is 1.17 bits per heavy atom. The maximum absolute atomic E-state index is 12.5. The molecule has 0 spiro atoms. The minimum atomic E-state index is -0.0910. The highest BCUT2D eigenvalue weighted by molar-refractivity contribution is 6.30. The zero-order valence-corrected chi connectivity index (χ0v) is 14.6. The highest BCUT2D eigenvalue weighted by atomic mass is 35.5. The van der Waals surface area contributed by atoms with Gasteiger partial charge in [0.05, 0.1) is 6.04 Å². The Morgan fingerprint density at radius 2 is 1.96 bits per heavy atom. The van der Waals surface area contributed by atoms with Crippen LogP contribution >= 0.6 is 11.6 Å². The fourth-order valence-electron chi connectivity index (χ4n) is 3.57. The Morgan fingerprint density at radius 3 is 2.71 bits per heavy atom. The molecule has 0 radical (unpaired) electrons. The smallest absolute Gasteiger partial charge is 0.317 e. The molecule has 24 heavy (non-hydrogen) atoms. The number of halogens is 1. The molecule has 1 atom stereocenters. The molecule has 2 aliphatic rings. The van der Waals surface area contributed by atoms with E-state index in [1.165, 1.54) is 0 Å². The number of hydrogen-bond donors (Lipinski definition) is 1. The lowest BCUT2D eigenvalue weighted by molar-refractivity contribution is -0.129. The second-order valence-electron chi connectivity index (χ2n) is 6.48. The first-order chi connectivity index (χ1) is 11.6. The van der Waals surface area contributed by atoms with Crippen molar-refractivity contribution in [1.82, 2.24) is 15.1 Å². The molecular formula is C18H24ClN3O2. The fourth-order valence-corrected chi connectivity index (χ4v) is 3.77. The van der Waals surface area contributed by atoms with Crippen LogP contribution in [-0.4, -0.2) is 47.9 Å². The lowest BCUT2D eigenvalue weighted by Crippen LogP contribution is -2.41. The summed E-state index contributed by atoms with van der Waals surface area (Å²) in [5.41, 5.74) is 1.07. The zero-order valence-electron chi connectivity index (χ0n) is 13.8. The van der Waals surface area contributed by atoms with E-state index in [2.05, 4.69) is 5.32 Å². The first-order valence-corrected chi connectivity index (χ1v) is 9.10. The Labute approximate surface area is 147 Å². The van der Waals surface area contributed by atoms with Gasteiger partial charge in [0.15, 0.2) is 0 Å². The van der Waals surface area contributed by atoms with Crippen molar-refractivity contribution < 1.29 is 9.59 Å². The van der Waals surface area contributed by atoms with E-state index in [9.17, 15) is 9.59 Å². The minimum absolute atomic E-state index is 0.0676. The summed E-state index contributed by atoms with van der Waals surface area (Å²) in [5, 5.41) is 3.59. The number of likely N-dealkylation sites (tertiary alicyclic amines) is 2. The van der Waals surface area contributed by atoms with Crippen molar-refractivity contribution in [3.63, 3.8) is 0 Å². The molecular weight excluding hydrogens is 326 g/mol. The third kappa shape index (κ3) is 4.01. The number of nitrogens with one attached hydrogen (secondary N) is 1. The van der Waals surface area contributed by atoms with E-state index < -0.39 is 0 Å². The van der Waals surface area contributed by atoms with Crippen LogP contribution in [0.1, 0.15) is 43.7 Å². The summed E-state index contributed by atoms with van der Waals surface area (Å²) in [6.45, 7) is 2.85.